The third kappa shape index (κ3) is 3.19. The molecule has 0 unspecified atom stereocenters. The molecule has 0 aromatic heterocycles. The molecule has 0 spiro atoms. The van der Waals surface area contributed by atoms with Crippen molar-refractivity contribution in [2.45, 2.75) is 40.2 Å². The molecule has 0 fully saturated rings. The van der Waals surface area contributed by atoms with Crippen LogP contribution in [0.4, 0.5) is 0 Å². The minimum Gasteiger partial charge on any atom is -0.463 e. The SMILES string of the molecule is CC(C)OC(=O)C(C)(C)Cc1ccc2c(c1)OCO2. The summed E-state index contributed by atoms with van der Waals surface area (Å²) in [5.74, 6) is 1.32. The van der Waals surface area contributed by atoms with E-state index in [1.165, 1.54) is 0 Å². The first-order valence-corrected chi connectivity index (χ1v) is 6.48. The zero-order valence-electron chi connectivity index (χ0n) is 11.9. The van der Waals surface area contributed by atoms with E-state index in [4.69, 9.17) is 14.2 Å². The highest BCUT2D eigenvalue weighted by molar-refractivity contribution is 5.76. The zero-order valence-corrected chi connectivity index (χ0v) is 11.9. The Hall–Kier alpha value is -1.71. The Bertz CT molecular complexity index is 477. The van der Waals surface area contributed by atoms with Crippen molar-refractivity contribution in [1.29, 1.82) is 0 Å². The summed E-state index contributed by atoms with van der Waals surface area (Å²) in [4.78, 5) is 12.0. The van der Waals surface area contributed by atoms with E-state index in [2.05, 4.69) is 0 Å². The monoisotopic (exact) mass is 264 g/mol. The van der Waals surface area contributed by atoms with Crippen molar-refractivity contribution in [1.82, 2.24) is 0 Å². The molecule has 1 heterocycles. The van der Waals surface area contributed by atoms with Crippen molar-refractivity contribution in [3.05, 3.63) is 23.8 Å². The molecule has 19 heavy (non-hydrogen) atoms. The molecular formula is C15H20O4. The fourth-order valence-electron chi connectivity index (χ4n) is 2.01. The largest absolute Gasteiger partial charge is 0.463 e. The van der Waals surface area contributed by atoms with Gasteiger partial charge in [0.05, 0.1) is 11.5 Å². The number of carbonyl (C=O) groups is 1. The van der Waals surface area contributed by atoms with E-state index in [1.54, 1.807) is 0 Å². The van der Waals surface area contributed by atoms with Crippen molar-refractivity contribution in [3.8, 4) is 11.5 Å². The average Bonchev–Trinajstić information content (AvgIpc) is 2.74. The smallest absolute Gasteiger partial charge is 0.312 e. The lowest BCUT2D eigenvalue weighted by atomic mass is 9.85. The number of hydrogen-bond acceptors (Lipinski definition) is 4. The summed E-state index contributed by atoms with van der Waals surface area (Å²) >= 11 is 0. The van der Waals surface area contributed by atoms with Crippen LogP contribution in [0.25, 0.3) is 0 Å². The minimum atomic E-state index is -0.558. The van der Waals surface area contributed by atoms with E-state index in [0.29, 0.717) is 6.42 Å². The Balaban J connectivity index is 2.09. The first-order chi connectivity index (χ1) is 8.88. The Kier molecular flexibility index (Phi) is 3.69. The zero-order chi connectivity index (χ0) is 14.0. The standard InChI is InChI=1S/C15H20O4/c1-10(2)19-14(16)15(3,4)8-11-5-6-12-13(7-11)18-9-17-12/h5-7,10H,8-9H2,1-4H3. The molecule has 0 saturated carbocycles. The molecule has 0 bridgehead atoms. The average molecular weight is 264 g/mol. The maximum atomic E-state index is 12.0. The van der Waals surface area contributed by atoms with Gasteiger partial charge in [-0.3, -0.25) is 4.79 Å². The molecule has 0 saturated heterocycles. The van der Waals surface area contributed by atoms with Crippen molar-refractivity contribution in [2.75, 3.05) is 6.79 Å². The summed E-state index contributed by atoms with van der Waals surface area (Å²) in [6.45, 7) is 7.76. The highest BCUT2D eigenvalue weighted by Gasteiger charge is 2.31. The first kappa shape index (κ1) is 13.7. The van der Waals surface area contributed by atoms with Crippen molar-refractivity contribution >= 4 is 5.97 Å². The van der Waals surface area contributed by atoms with Gasteiger partial charge in [-0.05, 0) is 51.8 Å². The number of carbonyl (C=O) groups excluding carboxylic acids is 1. The van der Waals surface area contributed by atoms with Crippen LogP contribution in [0.15, 0.2) is 18.2 Å². The van der Waals surface area contributed by atoms with Gasteiger partial charge in [0.1, 0.15) is 0 Å². The van der Waals surface area contributed by atoms with Crippen LogP contribution in [0, 0.1) is 5.41 Å². The van der Waals surface area contributed by atoms with Gasteiger partial charge in [-0.15, -0.1) is 0 Å². The summed E-state index contributed by atoms with van der Waals surface area (Å²) in [7, 11) is 0. The minimum absolute atomic E-state index is 0.0940. The number of rotatable bonds is 4. The van der Waals surface area contributed by atoms with Crippen molar-refractivity contribution < 1.29 is 19.0 Å². The molecule has 104 valence electrons. The third-order valence-corrected chi connectivity index (χ3v) is 2.98. The van der Waals surface area contributed by atoms with E-state index < -0.39 is 5.41 Å². The van der Waals surface area contributed by atoms with Crippen molar-refractivity contribution in [3.63, 3.8) is 0 Å². The van der Waals surface area contributed by atoms with Gasteiger partial charge >= 0.3 is 5.97 Å². The van der Waals surface area contributed by atoms with Crippen LogP contribution < -0.4 is 9.47 Å². The van der Waals surface area contributed by atoms with E-state index in [1.807, 2.05) is 45.9 Å². The Morgan fingerprint density at radius 2 is 2.00 bits per heavy atom. The summed E-state index contributed by atoms with van der Waals surface area (Å²) in [6, 6.07) is 5.76. The molecule has 1 aromatic carbocycles. The lowest BCUT2D eigenvalue weighted by molar-refractivity contribution is -0.157. The predicted octanol–water partition coefficient (Wildman–Crippen LogP) is 2.94. The Morgan fingerprint density at radius 3 is 2.68 bits per heavy atom. The molecule has 4 heteroatoms. The van der Waals surface area contributed by atoms with Crippen LogP contribution >= 0.6 is 0 Å². The fraction of sp³-hybridized carbons (Fsp3) is 0.533. The maximum Gasteiger partial charge on any atom is 0.312 e. The van der Waals surface area contributed by atoms with Crippen LogP contribution in [-0.4, -0.2) is 18.9 Å². The maximum absolute atomic E-state index is 12.0. The van der Waals surface area contributed by atoms with Gasteiger partial charge in [0, 0.05) is 0 Å². The van der Waals surface area contributed by atoms with Gasteiger partial charge in [-0.1, -0.05) is 6.07 Å². The van der Waals surface area contributed by atoms with Gasteiger partial charge in [-0.2, -0.15) is 0 Å². The summed E-state index contributed by atoms with van der Waals surface area (Å²) < 4.78 is 15.9. The molecule has 1 aliphatic rings. The summed E-state index contributed by atoms with van der Waals surface area (Å²) in [5.41, 5.74) is 0.479. The van der Waals surface area contributed by atoms with Crippen LogP contribution in [0.5, 0.6) is 11.5 Å². The van der Waals surface area contributed by atoms with E-state index >= 15 is 0 Å². The molecule has 0 aliphatic carbocycles. The highest BCUT2D eigenvalue weighted by atomic mass is 16.7. The number of hydrogen-bond donors (Lipinski definition) is 0. The van der Waals surface area contributed by atoms with Crippen molar-refractivity contribution in [2.24, 2.45) is 5.41 Å². The fourth-order valence-corrected chi connectivity index (χ4v) is 2.01. The molecule has 4 nitrogen and oxygen atoms in total. The molecule has 1 aromatic rings. The number of fused-ring (bicyclic) bond motifs is 1. The number of esters is 1. The molecule has 2 rings (SSSR count). The highest BCUT2D eigenvalue weighted by Crippen LogP contribution is 2.34. The summed E-state index contributed by atoms with van der Waals surface area (Å²) in [6.07, 6.45) is 0.512. The quantitative estimate of drug-likeness (QED) is 0.784. The second kappa shape index (κ2) is 5.11. The number of benzene rings is 1. The lowest BCUT2D eigenvalue weighted by Crippen LogP contribution is -2.30. The van der Waals surface area contributed by atoms with Gasteiger partial charge in [0.15, 0.2) is 11.5 Å². The van der Waals surface area contributed by atoms with Gasteiger partial charge in [-0.25, -0.2) is 0 Å². The van der Waals surface area contributed by atoms with Gasteiger partial charge in [0.25, 0.3) is 0 Å². The molecule has 1 aliphatic heterocycles. The molecule has 0 amide bonds. The Morgan fingerprint density at radius 1 is 1.32 bits per heavy atom. The second-order valence-electron chi connectivity index (χ2n) is 5.70. The predicted molar refractivity (Wildman–Crippen MR) is 71.3 cm³/mol. The molecule has 0 N–H and O–H groups in total. The van der Waals surface area contributed by atoms with Crippen LogP contribution in [0.1, 0.15) is 33.3 Å². The topological polar surface area (TPSA) is 44.8 Å². The normalized spacial score (nSPS) is 13.7. The number of ether oxygens (including phenoxy) is 3. The van der Waals surface area contributed by atoms with Gasteiger partial charge in [0.2, 0.25) is 6.79 Å². The first-order valence-electron chi connectivity index (χ1n) is 6.48. The van der Waals surface area contributed by atoms with E-state index in [0.717, 1.165) is 17.1 Å². The third-order valence-electron chi connectivity index (χ3n) is 2.98. The van der Waals surface area contributed by atoms with Crippen LogP contribution in [0.3, 0.4) is 0 Å². The molecule has 0 atom stereocenters. The van der Waals surface area contributed by atoms with E-state index in [-0.39, 0.29) is 18.9 Å². The van der Waals surface area contributed by atoms with Crippen LogP contribution in [-0.2, 0) is 16.0 Å². The Labute approximate surface area is 113 Å². The second-order valence-corrected chi connectivity index (χ2v) is 5.70. The van der Waals surface area contributed by atoms with Crippen LogP contribution in [0.2, 0.25) is 0 Å². The summed E-state index contributed by atoms with van der Waals surface area (Å²) in [5, 5.41) is 0. The molecular weight excluding hydrogens is 244 g/mol. The molecule has 0 radical (unpaired) electrons. The lowest BCUT2D eigenvalue weighted by Gasteiger charge is -2.24. The van der Waals surface area contributed by atoms with Gasteiger partial charge < -0.3 is 14.2 Å². The van der Waals surface area contributed by atoms with E-state index in [9.17, 15) is 4.79 Å².